The van der Waals surface area contributed by atoms with Gasteiger partial charge in [-0.1, -0.05) is 12.1 Å². The normalized spacial score (nSPS) is 32.9. The Morgan fingerprint density at radius 2 is 1.59 bits per heavy atom. The quantitative estimate of drug-likeness (QED) is 0.805. The molecule has 4 fully saturated rings. The fourth-order valence-corrected chi connectivity index (χ4v) is 6.74. The number of amides is 2. The Morgan fingerprint density at radius 1 is 1.07 bits per heavy atom. The third kappa shape index (κ3) is 4.00. The molecule has 0 saturated heterocycles. The molecule has 27 heavy (non-hydrogen) atoms. The van der Waals surface area contributed by atoms with Crippen molar-refractivity contribution in [3.63, 3.8) is 0 Å². The Bertz CT molecular complexity index is 781. The minimum Gasteiger partial charge on any atom is -0.338 e. The van der Waals surface area contributed by atoms with Gasteiger partial charge in [-0.2, -0.15) is 0 Å². The first kappa shape index (κ1) is 18.8. The SMILES string of the molecule is CC(NC(=O)NCC12CC3CC(CC(C3)C1)C2)c1ccc(S(C)(=O)=O)cc1. The molecular weight excluding hydrogens is 360 g/mol. The molecule has 5 nitrogen and oxygen atoms in total. The number of benzene rings is 1. The molecule has 5 rings (SSSR count). The van der Waals surface area contributed by atoms with Crippen molar-refractivity contribution in [1.29, 1.82) is 0 Å². The molecule has 1 aromatic carbocycles. The van der Waals surface area contributed by atoms with Crippen molar-refractivity contribution in [2.45, 2.75) is 56.4 Å². The Hall–Kier alpha value is -1.56. The monoisotopic (exact) mass is 390 g/mol. The van der Waals surface area contributed by atoms with Crippen LogP contribution in [0.15, 0.2) is 29.2 Å². The molecule has 1 unspecified atom stereocenters. The summed E-state index contributed by atoms with van der Waals surface area (Å²) < 4.78 is 23.1. The van der Waals surface area contributed by atoms with E-state index in [1.807, 2.05) is 6.92 Å². The highest BCUT2D eigenvalue weighted by Crippen LogP contribution is 2.59. The fraction of sp³-hybridized carbons (Fsp3) is 0.667. The van der Waals surface area contributed by atoms with Crippen LogP contribution in [-0.2, 0) is 9.84 Å². The maximum Gasteiger partial charge on any atom is 0.315 e. The summed E-state index contributed by atoms with van der Waals surface area (Å²) in [6.45, 7) is 2.70. The topological polar surface area (TPSA) is 75.3 Å². The van der Waals surface area contributed by atoms with Crippen molar-refractivity contribution in [2.24, 2.45) is 23.2 Å². The second kappa shape index (κ2) is 6.80. The first-order chi connectivity index (χ1) is 12.7. The lowest BCUT2D eigenvalue weighted by atomic mass is 9.49. The molecule has 2 amide bonds. The van der Waals surface area contributed by atoms with E-state index in [9.17, 15) is 13.2 Å². The van der Waals surface area contributed by atoms with Gasteiger partial charge in [0, 0.05) is 12.8 Å². The molecular formula is C21H30N2O3S. The van der Waals surface area contributed by atoms with Gasteiger partial charge in [0.05, 0.1) is 10.9 Å². The average Bonchev–Trinajstić information content (AvgIpc) is 2.58. The second-order valence-corrected chi connectivity index (χ2v) is 11.3. The Balaban J connectivity index is 1.32. The highest BCUT2D eigenvalue weighted by molar-refractivity contribution is 7.90. The van der Waals surface area contributed by atoms with Crippen molar-refractivity contribution in [2.75, 3.05) is 12.8 Å². The van der Waals surface area contributed by atoms with Gasteiger partial charge in [-0.3, -0.25) is 0 Å². The molecule has 6 heteroatoms. The lowest BCUT2D eigenvalue weighted by Gasteiger charge is -2.56. The number of carbonyl (C=O) groups excluding carboxylic acids is 1. The molecule has 148 valence electrons. The molecule has 4 saturated carbocycles. The van der Waals surface area contributed by atoms with Crippen molar-refractivity contribution < 1.29 is 13.2 Å². The van der Waals surface area contributed by atoms with E-state index in [4.69, 9.17) is 0 Å². The van der Waals surface area contributed by atoms with Gasteiger partial charge >= 0.3 is 6.03 Å². The van der Waals surface area contributed by atoms with Crippen LogP contribution in [0.4, 0.5) is 4.79 Å². The van der Waals surface area contributed by atoms with E-state index in [0.717, 1.165) is 29.9 Å². The molecule has 0 aromatic heterocycles. The summed E-state index contributed by atoms with van der Waals surface area (Å²) >= 11 is 0. The van der Waals surface area contributed by atoms with Crippen molar-refractivity contribution in [3.8, 4) is 0 Å². The molecule has 0 aliphatic heterocycles. The largest absolute Gasteiger partial charge is 0.338 e. The van der Waals surface area contributed by atoms with Gasteiger partial charge in [-0.15, -0.1) is 0 Å². The molecule has 4 aliphatic rings. The predicted octanol–water partition coefficient (Wildman–Crippen LogP) is 3.67. The summed E-state index contributed by atoms with van der Waals surface area (Å²) in [5, 5.41) is 6.12. The summed E-state index contributed by atoms with van der Waals surface area (Å²) in [5.41, 5.74) is 1.22. The van der Waals surface area contributed by atoms with Crippen LogP contribution in [0.5, 0.6) is 0 Å². The first-order valence-electron chi connectivity index (χ1n) is 10.1. The number of nitrogens with one attached hydrogen (secondary N) is 2. The number of hydrogen-bond donors (Lipinski definition) is 2. The lowest BCUT2D eigenvalue weighted by molar-refractivity contribution is -0.0498. The standard InChI is InChI=1S/C21H30N2O3S/c1-14(18-3-5-19(6-4-18)27(2,25)26)23-20(24)22-13-21-10-15-7-16(11-21)9-17(8-15)12-21/h3-6,14-17H,7-13H2,1-2H3,(H2,22,23,24). The highest BCUT2D eigenvalue weighted by atomic mass is 32.2. The zero-order valence-electron chi connectivity index (χ0n) is 16.2. The molecule has 4 bridgehead atoms. The number of urea groups is 1. The molecule has 4 aliphatic carbocycles. The third-order valence-corrected chi connectivity index (χ3v) is 8.07. The van der Waals surface area contributed by atoms with E-state index in [0.29, 0.717) is 10.3 Å². The molecule has 2 N–H and O–H groups in total. The first-order valence-corrected chi connectivity index (χ1v) is 12.0. The number of sulfone groups is 1. The van der Waals surface area contributed by atoms with E-state index in [1.165, 1.54) is 44.8 Å². The third-order valence-electron chi connectivity index (χ3n) is 6.94. The van der Waals surface area contributed by atoms with Gasteiger partial charge in [0.1, 0.15) is 0 Å². The lowest BCUT2D eigenvalue weighted by Crippen LogP contribution is -2.52. The minimum absolute atomic E-state index is 0.134. The Labute approximate surface area is 162 Å². The Kier molecular flexibility index (Phi) is 4.73. The van der Waals surface area contributed by atoms with Gasteiger partial charge in [0.25, 0.3) is 0 Å². The van der Waals surface area contributed by atoms with E-state index in [2.05, 4.69) is 10.6 Å². The van der Waals surface area contributed by atoms with E-state index < -0.39 is 9.84 Å². The van der Waals surface area contributed by atoms with Gasteiger partial charge in [-0.05, 0) is 86.3 Å². The van der Waals surface area contributed by atoms with E-state index >= 15 is 0 Å². The zero-order chi connectivity index (χ0) is 19.2. The zero-order valence-corrected chi connectivity index (χ0v) is 17.0. The summed E-state index contributed by atoms with van der Waals surface area (Å²) in [6, 6.07) is 6.41. The van der Waals surface area contributed by atoms with Crippen LogP contribution in [0.2, 0.25) is 0 Å². The van der Waals surface area contributed by atoms with E-state index in [1.54, 1.807) is 24.3 Å². The van der Waals surface area contributed by atoms with Crippen molar-refractivity contribution in [1.82, 2.24) is 10.6 Å². The number of rotatable bonds is 5. The minimum atomic E-state index is -3.20. The smallest absolute Gasteiger partial charge is 0.315 e. The maximum atomic E-state index is 12.4. The Morgan fingerprint density at radius 3 is 2.07 bits per heavy atom. The molecule has 0 radical (unpaired) electrons. The number of carbonyl (C=O) groups is 1. The molecule has 1 aromatic rings. The summed E-state index contributed by atoms with van der Waals surface area (Å²) in [5.74, 6) is 2.65. The van der Waals surface area contributed by atoms with Crippen LogP contribution in [0.3, 0.4) is 0 Å². The van der Waals surface area contributed by atoms with Crippen LogP contribution in [-0.4, -0.2) is 27.2 Å². The maximum absolute atomic E-state index is 12.4. The van der Waals surface area contributed by atoms with Crippen LogP contribution in [0.25, 0.3) is 0 Å². The molecule has 0 spiro atoms. The van der Waals surface area contributed by atoms with Crippen molar-refractivity contribution in [3.05, 3.63) is 29.8 Å². The van der Waals surface area contributed by atoms with Gasteiger partial charge in [0.15, 0.2) is 9.84 Å². The van der Waals surface area contributed by atoms with E-state index in [-0.39, 0.29) is 12.1 Å². The van der Waals surface area contributed by atoms with Crippen molar-refractivity contribution >= 4 is 15.9 Å². The predicted molar refractivity (Wildman–Crippen MR) is 105 cm³/mol. The summed E-state index contributed by atoms with van der Waals surface area (Å²) in [7, 11) is -3.20. The van der Waals surface area contributed by atoms with Gasteiger partial charge in [-0.25, -0.2) is 13.2 Å². The second-order valence-electron chi connectivity index (χ2n) is 9.31. The average molecular weight is 391 g/mol. The highest BCUT2D eigenvalue weighted by Gasteiger charge is 2.50. The van der Waals surface area contributed by atoms with Crippen LogP contribution in [0, 0.1) is 23.2 Å². The number of hydrogen-bond acceptors (Lipinski definition) is 3. The van der Waals surface area contributed by atoms with Gasteiger partial charge < -0.3 is 10.6 Å². The van der Waals surface area contributed by atoms with Crippen LogP contribution < -0.4 is 10.6 Å². The molecule has 1 atom stereocenters. The van der Waals surface area contributed by atoms with Crippen LogP contribution in [0.1, 0.15) is 57.1 Å². The fourth-order valence-electron chi connectivity index (χ4n) is 6.11. The summed E-state index contributed by atoms with van der Waals surface area (Å²) in [4.78, 5) is 12.7. The van der Waals surface area contributed by atoms with Crippen LogP contribution >= 0.6 is 0 Å². The molecule has 0 heterocycles. The summed E-state index contributed by atoms with van der Waals surface area (Å²) in [6.07, 6.45) is 9.26. The van der Waals surface area contributed by atoms with Gasteiger partial charge in [0.2, 0.25) is 0 Å².